The van der Waals surface area contributed by atoms with Crippen LogP contribution in [0.4, 0.5) is 5.69 Å². The normalized spacial score (nSPS) is 13.2. The molecule has 2 aliphatic rings. The van der Waals surface area contributed by atoms with Gasteiger partial charge in [-0.05, 0) is 61.2 Å². The van der Waals surface area contributed by atoms with E-state index in [1.807, 2.05) is 30.3 Å². The Balaban J connectivity index is 1.44. The number of carbonyl (C=O) groups excluding carboxylic acids is 2. The average molecular weight is 502 g/mol. The number of ether oxygens (including phenoxy) is 2. The average Bonchev–Trinajstić information content (AvgIpc) is 3.48. The zero-order valence-electron chi connectivity index (χ0n) is 19.2. The van der Waals surface area contributed by atoms with Gasteiger partial charge in [-0.1, -0.05) is 17.7 Å². The summed E-state index contributed by atoms with van der Waals surface area (Å²) in [5.41, 5.74) is 11.8. The van der Waals surface area contributed by atoms with Gasteiger partial charge in [0.2, 0.25) is 6.79 Å². The van der Waals surface area contributed by atoms with Crippen LogP contribution in [0.15, 0.2) is 48.7 Å². The molecule has 2 aromatic carbocycles. The molecule has 1 aliphatic carbocycles. The van der Waals surface area contributed by atoms with E-state index in [1.165, 1.54) is 6.20 Å². The Labute approximate surface area is 210 Å². The molecule has 0 radical (unpaired) electrons. The van der Waals surface area contributed by atoms with Gasteiger partial charge in [-0.25, -0.2) is 9.67 Å². The van der Waals surface area contributed by atoms with E-state index in [0.717, 1.165) is 27.9 Å². The number of pyridine rings is 1. The minimum absolute atomic E-state index is 0.150. The molecular weight excluding hydrogens is 482 g/mol. The maximum Gasteiger partial charge on any atom is 0.269 e. The van der Waals surface area contributed by atoms with E-state index in [1.54, 1.807) is 23.7 Å². The van der Waals surface area contributed by atoms with Crippen molar-refractivity contribution in [1.82, 2.24) is 14.8 Å². The van der Waals surface area contributed by atoms with E-state index in [2.05, 4.69) is 15.4 Å². The van der Waals surface area contributed by atoms with Crippen molar-refractivity contribution < 1.29 is 19.1 Å². The van der Waals surface area contributed by atoms with Crippen molar-refractivity contribution in [2.45, 2.75) is 19.8 Å². The van der Waals surface area contributed by atoms with Crippen LogP contribution in [-0.4, -0.2) is 33.4 Å². The molecule has 0 saturated heterocycles. The lowest BCUT2D eigenvalue weighted by molar-refractivity contribution is 0.0992. The van der Waals surface area contributed by atoms with Crippen molar-refractivity contribution in [2.24, 2.45) is 5.73 Å². The van der Waals surface area contributed by atoms with Crippen molar-refractivity contribution in [3.05, 3.63) is 81.8 Å². The Bertz CT molecular complexity index is 1580. The molecule has 3 heterocycles. The molecule has 0 atom stereocenters. The highest BCUT2D eigenvalue weighted by molar-refractivity contribution is 6.29. The van der Waals surface area contributed by atoms with Crippen LogP contribution in [0.5, 0.6) is 11.5 Å². The number of primary amides is 1. The van der Waals surface area contributed by atoms with Crippen LogP contribution in [0.25, 0.3) is 16.9 Å². The van der Waals surface area contributed by atoms with Gasteiger partial charge >= 0.3 is 0 Å². The second-order valence-corrected chi connectivity index (χ2v) is 9.02. The molecule has 0 spiro atoms. The zero-order valence-corrected chi connectivity index (χ0v) is 19.9. The summed E-state index contributed by atoms with van der Waals surface area (Å²) in [4.78, 5) is 29.2. The monoisotopic (exact) mass is 501 g/mol. The second-order valence-electron chi connectivity index (χ2n) is 8.64. The van der Waals surface area contributed by atoms with Crippen LogP contribution >= 0.6 is 11.6 Å². The minimum Gasteiger partial charge on any atom is -0.454 e. The Morgan fingerprint density at radius 2 is 1.92 bits per heavy atom. The molecule has 0 bridgehead atoms. The Hall–Kier alpha value is -4.37. The van der Waals surface area contributed by atoms with Gasteiger partial charge in [0.25, 0.3) is 11.8 Å². The number of nitrogens with one attached hydrogen (secondary N) is 1. The first-order valence-corrected chi connectivity index (χ1v) is 11.7. The van der Waals surface area contributed by atoms with Crippen LogP contribution in [-0.2, 0) is 12.8 Å². The van der Waals surface area contributed by atoms with Gasteiger partial charge in [-0.15, -0.1) is 0 Å². The molecule has 180 valence electrons. The predicted molar refractivity (Wildman–Crippen MR) is 133 cm³/mol. The van der Waals surface area contributed by atoms with Crippen molar-refractivity contribution >= 4 is 29.1 Å². The lowest BCUT2D eigenvalue weighted by Gasteiger charge is -2.20. The number of amides is 2. The summed E-state index contributed by atoms with van der Waals surface area (Å²) < 4.78 is 12.7. The molecule has 36 heavy (non-hydrogen) atoms. The number of aryl methyl sites for hydroxylation is 2. The third kappa shape index (κ3) is 3.64. The van der Waals surface area contributed by atoms with Crippen LogP contribution in [0.3, 0.4) is 0 Å². The number of hydrogen-bond donors (Lipinski definition) is 2. The van der Waals surface area contributed by atoms with Crippen LogP contribution < -0.4 is 20.5 Å². The largest absolute Gasteiger partial charge is 0.454 e. The van der Waals surface area contributed by atoms with Crippen molar-refractivity contribution in [1.29, 1.82) is 0 Å². The summed E-state index contributed by atoms with van der Waals surface area (Å²) in [6.45, 7) is 1.95. The molecule has 4 aromatic rings. The van der Waals surface area contributed by atoms with Gasteiger partial charge in [-0.3, -0.25) is 9.59 Å². The number of rotatable bonds is 4. The standard InChI is InChI=1S/C26H20ClN5O4/c1-13-8-22(27)29-11-19(13)26(34)30-15-4-2-14-3-6-17-23(25(28)33)31-32(24(17)18(14)9-15)16-5-7-20-21(10-16)36-12-35-20/h2,4-5,7-11H,3,6,12H2,1H3,(H2,28,33)(H,30,34). The van der Waals surface area contributed by atoms with Gasteiger partial charge in [0.05, 0.1) is 16.9 Å². The lowest BCUT2D eigenvalue weighted by Crippen LogP contribution is -2.16. The van der Waals surface area contributed by atoms with E-state index in [-0.39, 0.29) is 18.4 Å². The molecule has 6 rings (SSSR count). The van der Waals surface area contributed by atoms with Gasteiger partial charge < -0.3 is 20.5 Å². The third-order valence-corrected chi connectivity index (χ3v) is 6.61. The lowest BCUT2D eigenvalue weighted by atomic mass is 9.88. The molecule has 0 saturated carbocycles. The fourth-order valence-corrected chi connectivity index (χ4v) is 4.89. The van der Waals surface area contributed by atoms with E-state index in [9.17, 15) is 9.59 Å². The molecular formula is C26H20ClN5O4. The summed E-state index contributed by atoms with van der Waals surface area (Å²) in [7, 11) is 0. The van der Waals surface area contributed by atoms with Gasteiger partial charge in [0, 0.05) is 29.1 Å². The van der Waals surface area contributed by atoms with Crippen molar-refractivity contribution in [3.8, 4) is 28.4 Å². The number of fused-ring (bicyclic) bond motifs is 4. The molecule has 3 N–H and O–H groups in total. The maximum atomic E-state index is 13.0. The molecule has 2 amide bonds. The number of nitrogens with zero attached hydrogens (tertiary/aromatic N) is 3. The molecule has 2 aromatic heterocycles. The number of halogens is 1. The van der Waals surface area contributed by atoms with E-state index < -0.39 is 5.91 Å². The summed E-state index contributed by atoms with van der Waals surface area (Å²) >= 11 is 5.93. The highest BCUT2D eigenvalue weighted by atomic mass is 35.5. The predicted octanol–water partition coefficient (Wildman–Crippen LogP) is 4.07. The van der Waals surface area contributed by atoms with Gasteiger partial charge in [0.15, 0.2) is 17.2 Å². The highest BCUT2D eigenvalue weighted by Crippen LogP contribution is 2.40. The first kappa shape index (κ1) is 22.1. The Kier molecular flexibility index (Phi) is 5.15. The molecule has 1 aliphatic heterocycles. The second kappa shape index (κ2) is 8.39. The number of hydrogen-bond acceptors (Lipinski definition) is 6. The SMILES string of the molecule is Cc1cc(Cl)ncc1C(=O)Nc1ccc2c(c1)-c1c(c(C(N)=O)nn1-c1ccc3c(c1)OCO3)CC2. The molecule has 0 fully saturated rings. The summed E-state index contributed by atoms with van der Waals surface area (Å²) in [6, 6.07) is 12.8. The van der Waals surface area contributed by atoms with E-state index in [4.69, 9.17) is 26.8 Å². The third-order valence-electron chi connectivity index (χ3n) is 6.41. The number of carbonyl (C=O) groups is 2. The highest BCUT2D eigenvalue weighted by Gasteiger charge is 2.29. The van der Waals surface area contributed by atoms with Gasteiger partial charge in [-0.2, -0.15) is 5.10 Å². The summed E-state index contributed by atoms with van der Waals surface area (Å²) in [5.74, 6) is 0.354. The molecule has 10 heteroatoms. The van der Waals surface area contributed by atoms with Crippen LogP contribution in [0, 0.1) is 6.92 Å². The van der Waals surface area contributed by atoms with E-state index >= 15 is 0 Å². The minimum atomic E-state index is -0.593. The van der Waals surface area contributed by atoms with Crippen molar-refractivity contribution in [3.63, 3.8) is 0 Å². The number of anilines is 1. The Morgan fingerprint density at radius 3 is 2.72 bits per heavy atom. The molecule has 9 nitrogen and oxygen atoms in total. The van der Waals surface area contributed by atoms with Gasteiger partial charge in [0.1, 0.15) is 5.15 Å². The van der Waals surface area contributed by atoms with Crippen LogP contribution in [0.2, 0.25) is 5.15 Å². The molecule has 0 unspecified atom stereocenters. The summed E-state index contributed by atoms with van der Waals surface area (Å²) in [5, 5.41) is 7.85. The smallest absolute Gasteiger partial charge is 0.269 e. The fourth-order valence-electron chi connectivity index (χ4n) is 4.68. The fraction of sp³-hybridized carbons (Fsp3) is 0.154. The first-order valence-electron chi connectivity index (χ1n) is 11.3. The van der Waals surface area contributed by atoms with Crippen LogP contribution in [0.1, 0.15) is 37.5 Å². The van der Waals surface area contributed by atoms with Crippen molar-refractivity contribution in [2.75, 3.05) is 12.1 Å². The Morgan fingerprint density at radius 1 is 1.08 bits per heavy atom. The first-order chi connectivity index (χ1) is 17.4. The number of nitrogens with two attached hydrogens (primary N) is 1. The topological polar surface area (TPSA) is 121 Å². The zero-order chi connectivity index (χ0) is 25.0. The summed E-state index contributed by atoms with van der Waals surface area (Å²) in [6.07, 6.45) is 2.79. The number of benzene rings is 2. The maximum absolute atomic E-state index is 13.0. The van der Waals surface area contributed by atoms with E-state index in [0.29, 0.717) is 46.4 Å². The number of aromatic nitrogens is 3. The quantitative estimate of drug-likeness (QED) is 0.406.